The summed E-state index contributed by atoms with van der Waals surface area (Å²) in [5.74, 6) is 0.526. The summed E-state index contributed by atoms with van der Waals surface area (Å²) in [4.78, 5) is 0. The van der Waals surface area contributed by atoms with Crippen molar-refractivity contribution >= 4 is 0 Å². The number of benzene rings is 1. The molecule has 0 saturated heterocycles. The van der Waals surface area contributed by atoms with Crippen LogP contribution in [0, 0.1) is 13.8 Å². The Labute approximate surface area is 111 Å². The molecule has 1 aromatic rings. The van der Waals surface area contributed by atoms with E-state index in [1.54, 1.807) is 13.8 Å². The Hall–Kier alpha value is -1.23. The van der Waals surface area contributed by atoms with Gasteiger partial charge >= 0.3 is 6.18 Å². The Morgan fingerprint density at radius 1 is 1.16 bits per heavy atom. The zero-order valence-corrected chi connectivity index (χ0v) is 11.6. The van der Waals surface area contributed by atoms with Gasteiger partial charge in [-0.25, -0.2) is 0 Å². The molecule has 0 radical (unpaired) electrons. The molecule has 19 heavy (non-hydrogen) atoms. The first kappa shape index (κ1) is 15.8. The predicted molar refractivity (Wildman–Crippen MR) is 67.3 cm³/mol. The molecule has 0 amide bonds. The first-order chi connectivity index (χ1) is 8.61. The highest BCUT2D eigenvalue weighted by Crippen LogP contribution is 2.42. The lowest BCUT2D eigenvalue weighted by atomic mass is 9.87. The fraction of sp³-hybridized carbons (Fsp3) is 0.571. The maximum Gasteiger partial charge on any atom is 0.421 e. The van der Waals surface area contributed by atoms with E-state index in [4.69, 9.17) is 4.74 Å². The molecule has 1 aromatic carbocycles. The largest absolute Gasteiger partial charge is 0.494 e. The molecule has 0 aliphatic heterocycles. The van der Waals surface area contributed by atoms with Gasteiger partial charge in [0.15, 0.2) is 5.60 Å². The molecular weight excluding hydrogens is 257 g/mol. The second kappa shape index (κ2) is 5.41. The van der Waals surface area contributed by atoms with E-state index in [1.165, 1.54) is 12.1 Å². The Morgan fingerprint density at radius 3 is 2.00 bits per heavy atom. The molecular formula is C14H19F3O2. The van der Waals surface area contributed by atoms with Gasteiger partial charge in [0.2, 0.25) is 0 Å². The summed E-state index contributed by atoms with van der Waals surface area (Å²) in [6.45, 7) is 6.31. The average Bonchev–Trinajstić information content (AvgIpc) is 2.23. The van der Waals surface area contributed by atoms with E-state index in [0.29, 0.717) is 23.5 Å². The third-order valence-electron chi connectivity index (χ3n) is 3.02. The van der Waals surface area contributed by atoms with Gasteiger partial charge in [0.1, 0.15) is 5.75 Å². The number of hydrogen-bond donors (Lipinski definition) is 1. The number of ether oxygens (including phenoxy) is 1. The fourth-order valence-electron chi connectivity index (χ4n) is 2.14. The van der Waals surface area contributed by atoms with Crippen LogP contribution in [-0.4, -0.2) is 17.9 Å². The highest BCUT2D eigenvalue weighted by atomic mass is 19.4. The number of alkyl halides is 3. The van der Waals surface area contributed by atoms with Gasteiger partial charge in [-0.05, 0) is 56.0 Å². The van der Waals surface area contributed by atoms with Crippen LogP contribution in [0.5, 0.6) is 5.75 Å². The predicted octanol–water partition coefficient (Wildman–Crippen LogP) is 3.86. The molecule has 0 fully saturated rings. The molecule has 1 N–H and O–H groups in total. The van der Waals surface area contributed by atoms with Crippen molar-refractivity contribution < 1.29 is 23.0 Å². The Bertz CT molecular complexity index is 427. The Balaban J connectivity index is 3.24. The molecule has 108 valence electrons. The first-order valence-electron chi connectivity index (χ1n) is 6.15. The third-order valence-corrected chi connectivity index (χ3v) is 3.02. The van der Waals surface area contributed by atoms with Gasteiger partial charge < -0.3 is 9.84 Å². The van der Waals surface area contributed by atoms with Gasteiger partial charge in [0.05, 0.1) is 6.61 Å². The molecule has 1 atom stereocenters. The van der Waals surface area contributed by atoms with Crippen LogP contribution < -0.4 is 4.74 Å². The van der Waals surface area contributed by atoms with E-state index in [9.17, 15) is 18.3 Å². The van der Waals surface area contributed by atoms with Gasteiger partial charge in [0, 0.05) is 0 Å². The summed E-state index contributed by atoms with van der Waals surface area (Å²) in [5.41, 5.74) is -2.23. The number of halogens is 3. The van der Waals surface area contributed by atoms with E-state index in [-0.39, 0.29) is 5.56 Å². The van der Waals surface area contributed by atoms with Crippen molar-refractivity contribution in [3.63, 3.8) is 0 Å². The summed E-state index contributed by atoms with van der Waals surface area (Å²) in [5, 5.41) is 9.79. The average molecular weight is 276 g/mol. The van der Waals surface area contributed by atoms with Crippen LogP contribution in [0.25, 0.3) is 0 Å². The number of hydrogen-bond acceptors (Lipinski definition) is 2. The normalized spacial score (nSPS) is 15.2. The van der Waals surface area contributed by atoms with E-state index in [1.807, 2.05) is 6.92 Å². The van der Waals surface area contributed by atoms with Crippen LogP contribution in [0.4, 0.5) is 13.2 Å². The van der Waals surface area contributed by atoms with Gasteiger partial charge in [-0.15, -0.1) is 0 Å². The van der Waals surface area contributed by atoms with E-state index in [2.05, 4.69) is 0 Å². The maximum atomic E-state index is 12.9. The van der Waals surface area contributed by atoms with Crippen molar-refractivity contribution in [2.75, 3.05) is 6.61 Å². The van der Waals surface area contributed by atoms with Crippen LogP contribution in [0.2, 0.25) is 0 Å². The topological polar surface area (TPSA) is 29.5 Å². The second-order valence-corrected chi connectivity index (χ2v) is 4.85. The molecule has 0 spiro atoms. The van der Waals surface area contributed by atoms with Crippen molar-refractivity contribution in [3.8, 4) is 5.75 Å². The summed E-state index contributed by atoms with van der Waals surface area (Å²) in [6.07, 6.45) is -3.89. The fourth-order valence-corrected chi connectivity index (χ4v) is 2.14. The number of rotatable bonds is 4. The van der Waals surface area contributed by atoms with Crippen LogP contribution in [0.3, 0.4) is 0 Å². The van der Waals surface area contributed by atoms with Crippen LogP contribution in [0.15, 0.2) is 12.1 Å². The van der Waals surface area contributed by atoms with Crippen molar-refractivity contribution in [3.05, 3.63) is 28.8 Å². The second-order valence-electron chi connectivity index (χ2n) is 4.85. The first-order valence-corrected chi connectivity index (χ1v) is 6.15. The monoisotopic (exact) mass is 276 g/mol. The summed E-state index contributed by atoms with van der Waals surface area (Å²) < 4.78 is 44.1. The van der Waals surface area contributed by atoms with Crippen LogP contribution >= 0.6 is 0 Å². The minimum absolute atomic E-state index is 0.108. The van der Waals surface area contributed by atoms with Gasteiger partial charge in [-0.2, -0.15) is 13.2 Å². The van der Waals surface area contributed by atoms with Gasteiger partial charge in [-0.1, -0.05) is 6.92 Å². The number of aliphatic hydroxyl groups is 1. The van der Waals surface area contributed by atoms with Crippen LogP contribution in [-0.2, 0) is 5.60 Å². The summed E-state index contributed by atoms with van der Waals surface area (Å²) >= 11 is 0. The Morgan fingerprint density at radius 2 is 1.63 bits per heavy atom. The van der Waals surface area contributed by atoms with Crippen LogP contribution in [0.1, 0.15) is 37.0 Å². The lowest BCUT2D eigenvalue weighted by molar-refractivity contribution is -0.259. The zero-order chi connectivity index (χ0) is 14.8. The smallest absolute Gasteiger partial charge is 0.421 e. The summed E-state index contributed by atoms with van der Waals surface area (Å²) in [7, 11) is 0. The van der Waals surface area contributed by atoms with Crippen molar-refractivity contribution in [1.82, 2.24) is 0 Å². The van der Waals surface area contributed by atoms with Gasteiger partial charge in [-0.3, -0.25) is 0 Å². The quantitative estimate of drug-likeness (QED) is 0.904. The lowest BCUT2D eigenvalue weighted by Gasteiger charge is -2.30. The molecule has 0 aliphatic carbocycles. The molecule has 0 heterocycles. The van der Waals surface area contributed by atoms with E-state index < -0.39 is 11.8 Å². The van der Waals surface area contributed by atoms with Crippen molar-refractivity contribution in [1.29, 1.82) is 0 Å². The molecule has 0 bridgehead atoms. The standard InChI is InChI=1S/C14H19F3O2/c1-5-6-19-11-7-9(2)12(10(3)8-11)13(4,18)14(15,16)17/h7-8,18H,5-6H2,1-4H3. The third kappa shape index (κ3) is 3.21. The Kier molecular flexibility index (Phi) is 4.50. The van der Waals surface area contributed by atoms with Crippen molar-refractivity contribution in [2.45, 2.75) is 45.9 Å². The minimum Gasteiger partial charge on any atom is -0.494 e. The highest BCUT2D eigenvalue weighted by molar-refractivity contribution is 5.44. The van der Waals surface area contributed by atoms with E-state index in [0.717, 1.165) is 13.3 Å². The lowest BCUT2D eigenvalue weighted by Crippen LogP contribution is -2.40. The number of aryl methyl sites for hydroxylation is 2. The van der Waals surface area contributed by atoms with E-state index >= 15 is 0 Å². The molecule has 5 heteroatoms. The molecule has 1 unspecified atom stereocenters. The molecule has 0 aliphatic rings. The molecule has 0 saturated carbocycles. The maximum absolute atomic E-state index is 12.9. The van der Waals surface area contributed by atoms with Crippen molar-refractivity contribution in [2.24, 2.45) is 0 Å². The highest BCUT2D eigenvalue weighted by Gasteiger charge is 2.52. The summed E-state index contributed by atoms with van der Waals surface area (Å²) in [6, 6.07) is 3.05. The molecule has 0 aromatic heterocycles. The molecule has 2 nitrogen and oxygen atoms in total. The molecule has 1 rings (SSSR count). The minimum atomic E-state index is -4.71. The SMILES string of the molecule is CCCOc1cc(C)c(C(C)(O)C(F)(F)F)c(C)c1. The van der Waals surface area contributed by atoms with Gasteiger partial charge in [0.25, 0.3) is 0 Å². The zero-order valence-electron chi connectivity index (χ0n) is 11.6.